The van der Waals surface area contributed by atoms with E-state index in [1.807, 2.05) is 34.1 Å². The van der Waals surface area contributed by atoms with Crippen molar-refractivity contribution in [2.75, 3.05) is 45.8 Å². The topological polar surface area (TPSA) is 45.1 Å². The first-order chi connectivity index (χ1) is 12.4. The Morgan fingerprint density at radius 1 is 1.04 bits per heavy atom. The second kappa shape index (κ2) is 8.53. The Labute approximate surface area is 164 Å². The van der Waals surface area contributed by atoms with Crippen LogP contribution < -0.4 is 4.90 Å². The zero-order valence-corrected chi connectivity index (χ0v) is 17.3. The van der Waals surface area contributed by atoms with Crippen molar-refractivity contribution < 1.29 is 14.5 Å². The van der Waals surface area contributed by atoms with Crippen LogP contribution in [0, 0.1) is 11.8 Å². The monoisotopic (exact) mass is 422 g/mol. The number of hydrogen-bond acceptors (Lipinski definition) is 2. The molecule has 0 aliphatic carbocycles. The third-order valence-corrected chi connectivity index (χ3v) is 6.00. The summed E-state index contributed by atoms with van der Waals surface area (Å²) >= 11 is 3.40. The van der Waals surface area contributed by atoms with Gasteiger partial charge < -0.3 is 14.7 Å². The molecule has 0 radical (unpaired) electrons. The molecule has 6 heteroatoms. The molecule has 1 aromatic rings. The number of quaternary nitrogens is 1. The molecule has 2 saturated heterocycles. The van der Waals surface area contributed by atoms with E-state index in [1.54, 1.807) is 0 Å². The van der Waals surface area contributed by atoms with Crippen LogP contribution in [0.15, 0.2) is 28.7 Å². The molecule has 0 unspecified atom stereocenters. The van der Waals surface area contributed by atoms with Gasteiger partial charge in [-0.2, -0.15) is 0 Å². The van der Waals surface area contributed by atoms with Gasteiger partial charge in [-0.1, -0.05) is 29.8 Å². The summed E-state index contributed by atoms with van der Waals surface area (Å²) in [5.41, 5.74) is 0.726. The predicted molar refractivity (Wildman–Crippen MR) is 105 cm³/mol. The highest BCUT2D eigenvalue weighted by atomic mass is 79.9. The van der Waals surface area contributed by atoms with Crippen LogP contribution in [0.3, 0.4) is 0 Å². The third kappa shape index (κ3) is 4.86. The maximum Gasteiger partial charge on any atom is 0.277 e. The van der Waals surface area contributed by atoms with Crippen LogP contribution in [0.2, 0.25) is 0 Å². The molecular weight excluding hydrogens is 394 g/mol. The molecule has 0 spiro atoms. The Bertz CT molecular complexity index is 631. The van der Waals surface area contributed by atoms with E-state index in [0.29, 0.717) is 31.5 Å². The first-order valence-electron chi connectivity index (χ1n) is 9.58. The molecule has 142 valence electrons. The predicted octanol–water partition coefficient (Wildman–Crippen LogP) is 1.29. The highest BCUT2D eigenvalue weighted by molar-refractivity contribution is 9.10. The van der Waals surface area contributed by atoms with Gasteiger partial charge in [0.2, 0.25) is 0 Å². The summed E-state index contributed by atoms with van der Waals surface area (Å²) in [6.45, 7) is 9.91. The van der Waals surface area contributed by atoms with E-state index in [2.05, 4.69) is 29.8 Å². The molecule has 5 nitrogen and oxygen atoms in total. The fourth-order valence-corrected chi connectivity index (χ4v) is 4.43. The van der Waals surface area contributed by atoms with Crippen molar-refractivity contribution in [3.05, 3.63) is 34.3 Å². The smallest absolute Gasteiger partial charge is 0.277 e. The normalized spacial score (nSPS) is 24.6. The van der Waals surface area contributed by atoms with Crippen LogP contribution in [0.5, 0.6) is 0 Å². The molecule has 1 aromatic carbocycles. The molecule has 2 atom stereocenters. The van der Waals surface area contributed by atoms with Gasteiger partial charge in [0.15, 0.2) is 6.54 Å². The van der Waals surface area contributed by atoms with Gasteiger partial charge >= 0.3 is 0 Å². The number of benzene rings is 1. The van der Waals surface area contributed by atoms with Crippen LogP contribution in [-0.2, 0) is 4.79 Å². The van der Waals surface area contributed by atoms with Gasteiger partial charge in [0.25, 0.3) is 11.8 Å². The summed E-state index contributed by atoms with van der Waals surface area (Å²) in [6, 6.07) is 7.50. The SMILES string of the molecule is C[C@H]1C[C@H](C)CN(C(=O)C[NH+]2CCN(C(=O)c3ccc(Br)cc3)CC2)C1. The number of piperidine rings is 1. The second-order valence-corrected chi connectivity index (χ2v) is 8.89. The Balaban J connectivity index is 1.48. The van der Waals surface area contributed by atoms with E-state index in [0.717, 1.165) is 36.2 Å². The highest BCUT2D eigenvalue weighted by Crippen LogP contribution is 2.20. The molecule has 0 bridgehead atoms. The number of halogens is 1. The average molecular weight is 423 g/mol. The molecule has 3 rings (SSSR count). The molecule has 2 amide bonds. The van der Waals surface area contributed by atoms with Crippen molar-refractivity contribution in [3.8, 4) is 0 Å². The number of nitrogens with zero attached hydrogens (tertiary/aromatic N) is 2. The summed E-state index contributed by atoms with van der Waals surface area (Å²) in [5, 5.41) is 0. The lowest BCUT2D eigenvalue weighted by Crippen LogP contribution is -3.15. The zero-order chi connectivity index (χ0) is 18.7. The maximum absolute atomic E-state index is 12.6. The molecule has 26 heavy (non-hydrogen) atoms. The first-order valence-corrected chi connectivity index (χ1v) is 10.4. The molecule has 1 N–H and O–H groups in total. The first kappa shape index (κ1) is 19.4. The fourth-order valence-electron chi connectivity index (χ4n) is 4.17. The minimum absolute atomic E-state index is 0.0848. The number of hydrogen-bond donors (Lipinski definition) is 1. The van der Waals surface area contributed by atoms with Crippen LogP contribution in [0.4, 0.5) is 0 Å². The molecular formula is C20H29BrN3O2+. The minimum atomic E-state index is 0.0848. The van der Waals surface area contributed by atoms with E-state index in [1.165, 1.54) is 11.3 Å². The van der Waals surface area contributed by atoms with Gasteiger partial charge in [-0.3, -0.25) is 9.59 Å². The van der Waals surface area contributed by atoms with Gasteiger partial charge in [0.1, 0.15) is 0 Å². The van der Waals surface area contributed by atoms with Crippen molar-refractivity contribution in [1.29, 1.82) is 0 Å². The van der Waals surface area contributed by atoms with Crippen molar-refractivity contribution >= 4 is 27.7 Å². The Morgan fingerprint density at radius 3 is 2.19 bits per heavy atom. The Kier molecular flexibility index (Phi) is 6.35. The largest absolute Gasteiger partial charge is 0.337 e. The molecule has 2 fully saturated rings. The van der Waals surface area contributed by atoms with E-state index in [9.17, 15) is 9.59 Å². The summed E-state index contributed by atoms with van der Waals surface area (Å²) < 4.78 is 0.975. The molecule has 0 saturated carbocycles. The maximum atomic E-state index is 12.6. The van der Waals surface area contributed by atoms with Crippen molar-refractivity contribution in [3.63, 3.8) is 0 Å². The van der Waals surface area contributed by atoms with Gasteiger partial charge in [-0.15, -0.1) is 0 Å². The lowest BCUT2D eigenvalue weighted by atomic mass is 9.92. The highest BCUT2D eigenvalue weighted by Gasteiger charge is 2.30. The number of carbonyl (C=O) groups excluding carboxylic acids is 2. The summed E-state index contributed by atoms with van der Waals surface area (Å²) in [5.74, 6) is 1.55. The fraction of sp³-hybridized carbons (Fsp3) is 0.600. The van der Waals surface area contributed by atoms with Crippen molar-refractivity contribution in [2.45, 2.75) is 20.3 Å². The summed E-state index contributed by atoms with van der Waals surface area (Å²) in [4.78, 5) is 30.5. The van der Waals surface area contributed by atoms with E-state index < -0.39 is 0 Å². The molecule has 2 heterocycles. The number of piperazine rings is 1. The number of rotatable bonds is 3. The second-order valence-electron chi connectivity index (χ2n) is 7.97. The number of likely N-dealkylation sites (tertiary alicyclic amines) is 1. The van der Waals surface area contributed by atoms with Crippen molar-refractivity contribution in [2.24, 2.45) is 11.8 Å². The van der Waals surface area contributed by atoms with Gasteiger partial charge in [-0.25, -0.2) is 0 Å². The molecule has 2 aliphatic heterocycles. The quantitative estimate of drug-likeness (QED) is 0.797. The van der Waals surface area contributed by atoms with Crippen LogP contribution in [0.25, 0.3) is 0 Å². The Hall–Kier alpha value is -1.40. The summed E-state index contributed by atoms with van der Waals surface area (Å²) in [7, 11) is 0. The third-order valence-electron chi connectivity index (χ3n) is 5.47. The molecule has 2 aliphatic rings. The standard InChI is InChI=1S/C20H28BrN3O2/c1-15-11-16(2)13-24(12-15)19(25)14-22-7-9-23(10-8-22)20(26)17-3-5-18(21)6-4-17/h3-6,15-16H,7-14H2,1-2H3/p+1/t15-,16-/m0/s1. The average Bonchev–Trinajstić information content (AvgIpc) is 2.61. The number of amides is 2. The Morgan fingerprint density at radius 2 is 1.62 bits per heavy atom. The number of nitrogens with one attached hydrogen (secondary N) is 1. The van der Waals surface area contributed by atoms with Gasteiger partial charge in [0, 0.05) is 23.1 Å². The van der Waals surface area contributed by atoms with E-state index in [-0.39, 0.29) is 11.8 Å². The lowest BCUT2D eigenvalue weighted by Gasteiger charge is -2.37. The van der Waals surface area contributed by atoms with E-state index in [4.69, 9.17) is 0 Å². The summed E-state index contributed by atoms with van der Waals surface area (Å²) in [6.07, 6.45) is 1.22. The van der Waals surface area contributed by atoms with Crippen LogP contribution >= 0.6 is 15.9 Å². The van der Waals surface area contributed by atoms with Gasteiger partial charge in [-0.05, 0) is 42.5 Å². The lowest BCUT2D eigenvalue weighted by molar-refractivity contribution is -0.896. The molecule has 0 aromatic heterocycles. The zero-order valence-electron chi connectivity index (χ0n) is 15.7. The van der Waals surface area contributed by atoms with Crippen LogP contribution in [-0.4, -0.2) is 67.4 Å². The van der Waals surface area contributed by atoms with Gasteiger partial charge in [0.05, 0.1) is 26.2 Å². The van der Waals surface area contributed by atoms with Crippen molar-refractivity contribution in [1.82, 2.24) is 9.80 Å². The van der Waals surface area contributed by atoms with Crippen LogP contribution in [0.1, 0.15) is 30.6 Å². The minimum Gasteiger partial charge on any atom is -0.337 e. The van der Waals surface area contributed by atoms with E-state index >= 15 is 0 Å². The number of carbonyl (C=O) groups is 2.